The molecule has 0 aliphatic heterocycles. The van der Waals surface area contributed by atoms with Crippen molar-refractivity contribution in [1.29, 1.82) is 0 Å². The van der Waals surface area contributed by atoms with Gasteiger partial charge >= 0.3 is 0 Å². The lowest BCUT2D eigenvalue weighted by Gasteiger charge is -2.33. The third kappa shape index (κ3) is 7.50. The van der Waals surface area contributed by atoms with Gasteiger partial charge in [0.1, 0.15) is 12.6 Å². The maximum atomic E-state index is 13.5. The number of hydrogen-bond acceptors (Lipinski definition) is 4. The number of amides is 2. The van der Waals surface area contributed by atoms with Crippen molar-refractivity contribution in [2.24, 2.45) is 0 Å². The van der Waals surface area contributed by atoms with E-state index in [1.165, 1.54) is 29.2 Å². The van der Waals surface area contributed by atoms with E-state index < -0.39 is 28.5 Å². The summed E-state index contributed by atoms with van der Waals surface area (Å²) in [4.78, 5) is 27.6. The molecule has 0 fully saturated rings. The number of sulfonamides is 1. The molecule has 2 amide bonds. The Morgan fingerprint density at radius 3 is 2.12 bits per heavy atom. The van der Waals surface area contributed by atoms with Crippen LogP contribution in [0.5, 0.6) is 0 Å². The van der Waals surface area contributed by atoms with E-state index in [0.717, 1.165) is 10.6 Å². The van der Waals surface area contributed by atoms with E-state index in [1.807, 2.05) is 0 Å². The highest BCUT2D eigenvalue weighted by molar-refractivity contribution is 7.92. The molecule has 0 bridgehead atoms. The van der Waals surface area contributed by atoms with Gasteiger partial charge in [-0.3, -0.25) is 13.9 Å². The summed E-state index contributed by atoms with van der Waals surface area (Å²) >= 11 is 18.2. The molecule has 0 aliphatic rings. The van der Waals surface area contributed by atoms with Crippen LogP contribution in [0.2, 0.25) is 15.1 Å². The number of nitrogens with zero attached hydrogens (tertiary/aromatic N) is 2. The second-order valence-electron chi connectivity index (χ2n) is 7.32. The van der Waals surface area contributed by atoms with E-state index in [-0.39, 0.29) is 18.1 Å². The Hall–Kier alpha value is -2.00. The molecule has 0 aromatic heterocycles. The lowest BCUT2D eigenvalue weighted by Crippen LogP contribution is -2.52. The second-order valence-corrected chi connectivity index (χ2v) is 10.5. The first-order valence-electron chi connectivity index (χ1n) is 10.2. The number of rotatable bonds is 10. The second kappa shape index (κ2) is 11.9. The summed E-state index contributed by atoms with van der Waals surface area (Å²) in [5.74, 6) is -0.893. The van der Waals surface area contributed by atoms with Crippen molar-refractivity contribution in [3.05, 3.63) is 63.1 Å². The van der Waals surface area contributed by atoms with Gasteiger partial charge in [-0.25, -0.2) is 8.42 Å². The first-order chi connectivity index (χ1) is 15.5. The smallest absolute Gasteiger partial charge is 0.244 e. The van der Waals surface area contributed by atoms with Gasteiger partial charge in [0.05, 0.1) is 11.9 Å². The van der Waals surface area contributed by atoms with Crippen LogP contribution in [0.4, 0.5) is 5.69 Å². The van der Waals surface area contributed by atoms with Crippen molar-refractivity contribution < 1.29 is 18.0 Å². The monoisotopic (exact) mass is 533 g/mol. The van der Waals surface area contributed by atoms with E-state index in [1.54, 1.807) is 32.0 Å². The number of nitrogens with one attached hydrogen (secondary N) is 1. The minimum atomic E-state index is -3.81. The molecule has 0 heterocycles. The fourth-order valence-electron chi connectivity index (χ4n) is 3.27. The lowest BCUT2D eigenvalue weighted by atomic mass is 10.1. The zero-order chi connectivity index (χ0) is 24.8. The molecule has 0 radical (unpaired) electrons. The van der Waals surface area contributed by atoms with Gasteiger partial charge < -0.3 is 10.2 Å². The molecule has 0 unspecified atom stereocenters. The molecule has 11 heteroatoms. The molecule has 0 saturated heterocycles. The maximum absolute atomic E-state index is 13.5. The minimum absolute atomic E-state index is 0.00267. The van der Waals surface area contributed by atoms with Crippen LogP contribution in [0, 0.1) is 0 Å². The average molecular weight is 535 g/mol. The fourth-order valence-corrected chi connectivity index (χ4v) is 4.71. The van der Waals surface area contributed by atoms with Gasteiger partial charge in [0.2, 0.25) is 21.8 Å². The predicted octanol–water partition coefficient (Wildman–Crippen LogP) is 4.36. The summed E-state index contributed by atoms with van der Waals surface area (Å²) in [6, 6.07) is 10.1. The van der Waals surface area contributed by atoms with Gasteiger partial charge in [-0.15, -0.1) is 0 Å². The van der Waals surface area contributed by atoms with Crippen LogP contribution in [0.15, 0.2) is 42.5 Å². The largest absolute Gasteiger partial charge is 0.355 e. The number of carbonyl (C=O) groups excluding carboxylic acids is 2. The number of carbonyl (C=O) groups is 2. The molecule has 180 valence electrons. The zero-order valence-corrected chi connectivity index (χ0v) is 21.6. The molecule has 33 heavy (non-hydrogen) atoms. The van der Waals surface area contributed by atoms with Gasteiger partial charge in [0.25, 0.3) is 0 Å². The van der Waals surface area contributed by atoms with E-state index in [9.17, 15) is 18.0 Å². The molecule has 0 aliphatic carbocycles. The summed E-state index contributed by atoms with van der Waals surface area (Å²) in [5, 5.41) is 3.93. The highest BCUT2D eigenvalue weighted by atomic mass is 35.5. The fraction of sp³-hybridized carbons (Fsp3) is 0.364. The van der Waals surface area contributed by atoms with Crippen molar-refractivity contribution in [3.63, 3.8) is 0 Å². The van der Waals surface area contributed by atoms with Crippen LogP contribution in [0.3, 0.4) is 0 Å². The van der Waals surface area contributed by atoms with E-state index in [2.05, 4.69) is 5.32 Å². The molecule has 2 aromatic carbocycles. The Morgan fingerprint density at radius 2 is 1.61 bits per heavy atom. The minimum Gasteiger partial charge on any atom is -0.355 e. The molecule has 2 rings (SSSR count). The van der Waals surface area contributed by atoms with Gasteiger partial charge in [0, 0.05) is 28.2 Å². The summed E-state index contributed by atoms with van der Waals surface area (Å²) in [6.07, 6.45) is 1.33. The Kier molecular flexibility index (Phi) is 9.84. The van der Waals surface area contributed by atoms with Crippen molar-refractivity contribution in [1.82, 2.24) is 10.2 Å². The zero-order valence-electron chi connectivity index (χ0n) is 18.5. The van der Waals surface area contributed by atoms with Gasteiger partial charge in [-0.2, -0.15) is 0 Å². The van der Waals surface area contributed by atoms with Crippen LogP contribution < -0.4 is 9.62 Å². The lowest BCUT2D eigenvalue weighted by molar-refractivity contribution is -0.140. The number of anilines is 1. The highest BCUT2D eigenvalue weighted by Crippen LogP contribution is 2.25. The molecule has 0 saturated carbocycles. The third-order valence-corrected chi connectivity index (χ3v) is 6.87. The number of likely N-dealkylation sites (N-methyl/N-ethyl adjacent to an activating group) is 1. The first kappa shape index (κ1) is 27.2. The van der Waals surface area contributed by atoms with Crippen LogP contribution in [-0.4, -0.2) is 50.5 Å². The first-order valence-corrected chi connectivity index (χ1v) is 13.2. The Bertz CT molecular complexity index is 1090. The van der Waals surface area contributed by atoms with Crippen LogP contribution in [-0.2, 0) is 26.2 Å². The molecule has 0 spiro atoms. The van der Waals surface area contributed by atoms with E-state index >= 15 is 0 Å². The SMILES string of the molecule is CCNC(=O)[C@H](CC)N(Cc1ccc(Cl)cc1Cl)C(=O)CN(c1ccc(Cl)cc1)S(C)(=O)=O. The molecular weight excluding hydrogens is 509 g/mol. The van der Waals surface area contributed by atoms with Gasteiger partial charge in [-0.1, -0.05) is 47.8 Å². The van der Waals surface area contributed by atoms with E-state index in [0.29, 0.717) is 33.6 Å². The van der Waals surface area contributed by atoms with Crippen molar-refractivity contribution in [3.8, 4) is 0 Å². The topological polar surface area (TPSA) is 86.8 Å². The van der Waals surface area contributed by atoms with Crippen molar-refractivity contribution >= 4 is 62.3 Å². The van der Waals surface area contributed by atoms with Gasteiger partial charge in [-0.05, 0) is 55.3 Å². The quantitative estimate of drug-likeness (QED) is 0.491. The number of halogens is 3. The predicted molar refractivity (Wildman–Crippen MR) is 133 cm³/mol. The maximum Gasteiger partial charge on any atom is 0.244 e. The van der Waals surface area contributed by atoms with Crippen molar-refractivity contribution in [2.45, 2.75) is 32.9 Å². The Labute approximate surface area is 209 Å². The Morgan fingerprint density at radius 1 is 1.00 bits per heavy atom. The van der Waals surface area contributed by atoms with Crippen LogP contribution in [0.1, 0.15) is 25.8 Å². The van der Waals surface area contributed by atoms with Gasteiger partial charge in [0.15, 0.2) is 0 Å². The standard InChI is InChI=1S/C22H26Cl3N3O4S/c1-4-20(22(30)26-5-2)27(13-15-6-7-17(24)12-19(15)25)21(29)14-28(33(3,31)32)18-10-8-16(23)9-11-18/h6-12,20H,4-5,13-14H2,1-3H3,(H,26,30)/t20-/m0/s1. The van der Waals surface area contributed by atoms with E-state index in [4.69, 9.17) is 34.8 Å². The highest BCUT2D eigenvalue weighted by Gasteiger charge is 2.31. The summed E-state index contributed by atoms with van der Waals surface area (Å²) < 4.78 is 26.0. The average Bonchev–Trinajstić information content (AvgIpc) is 2.73. The molecule has 7 nitrogen and oxygen atoms in total. The molecular formula is C22H26Cl3N3O4S. The summed E-state index contributed by atoms with van der Waals surface area (Å²) in [6.45, 7) is 3.44. The number of hydrogen-bond donors (Lipinski definition) is 1. The Balaban J connectivity index is 2.45. The van der Waals surface area contributed by atoms with Crippen LogP contribution in [0.25, 0.3) is 0 Å². The molecule has 1 N–H and O–H groups in total. The summed E-state index contributed by atoms with van der Waals surface area (Å²) in [5.41, 5.74) is 0.861. The molecule has 1 atom stereocenters. The van der Waals surface area contributed by atoms with Crippen LogP contribution >= 0.6 is 34.8 Å². The number of benzene rings is 2. The summed E-state index contributed by atoms with van der Waals surface area (Å²) in [7, 11) is -3.81. The van der Waals surface area contributed by atoms with Crippen molar-refractivity contribution in [2.75, 3.05) is 23.7 Å². The normalized spacial score (nSPS) is 12.2. The third-order valence-electron chi connectivity index (χ3n) is 4.89. The molecule has 2 aromatic rings.